The minimum Gasteiger partial charge on any atom is -0.337 e. The van der Waals surface area contributed by atoms with Gasteiger partial charge in [0.05, 0.1) is 25.0 Å². The summed E-state index contributed by atoms with van der Waals surface area (Å²) in [6.07, 6.45) is 3.28. The van der Waals surface area contributed by atoms with E-state index in [1.807, 2.05) is 37.4 Å². The van der Waals surface area contributed by atoms with Crippen molar-refractivity contribution in [1.82, 2.24) is 24.3 Å². The van der Waals surface area contributed by atoms with Crippen molar-refractivity contribution in [2.45, 2.75) is 6.42 Å². The molecule has 27 heavy (non-hydrogen) atoms. The van der Waals surface area contributed by atoms with Crippen LogP contribution < -0.4 is 5.32 Å². The topological polar surface area (TPSA) is 105 Å². The quantitative estimate of drug-likeness (QED) is 0.820. The van der Waals surface area contributed by atoms with Gasteiger partial charge in [-0.1, -0.05) is 24.3 Å². The molecule has 2 heterocycles. The zero-order chi connectivity index (χ0) is 19.6. The van der Waals surface area contributed by atoms with Crippen LogP contribution in [0.3, 0.4) is 0 Å². The summed E-state index contributed by atoms with van der Waals surface area (Å²) in [7, 11) is -1.77. The average molecular weight is 391 g/mol. The molecule has 0 bridgehead atoms. The van der Waals surface area contributed by atoms with E-state index in [4.69, 9.17) is 0 Å². The number of benzene rings is 1. The van der Waals surface area contributed by atoms with Crippen LogP contribution in [0.15, 0.2) is 36.5 Å². The molecule has 1 aromatic heterocycles. The molecule has 1 N–H and O–H groups in total. The summed E-state index contributed by atoms with van der Waals surface area (Å²) in [6.45, 7) is 0.379. The first-order chi connectivity index (χ1) is 12.8. The molecule has 4 amide bonds. The molecule has 1 aliphatic rings. The highest BCUT2D eigenvalue weighted by Gasteiger charge is 2.37. The summed E-state index contributed by atoms with van der Waals surface area (Å²) in [5, 5.41) is 6.80. The molecule has 2 aromatic rings. The second-order valence-corrected chi connectivity index (χ2v) is 8.20. The van der Waals surface area contributed by atoms with Crippen molar-refractivity contribution in [1.29, 1.82) is 0 Å². The summed E-state index contributed by atoms with van der Waals surface area (Å²) in [6, 6.07) is 8.46. The number of aryl methyl sites for hydroxylation is 1. The third-order valence-electron chi connectivity index (χ3n) is 4.38. The lowest BCUT2D eigenvalue weighted by Gasteiger charge is -2.16. The molecule has 10 heteroatoms. The maximum atomic E-state index is 12.1. The van der Waals surface area contributed by atoms with Gasteiger partial charge in [-0.3, -0.25) is 4.68 Å². The maximum absolute atomic E-state index is 12.1. The zero-order valence-electron chi connectivity index (χ0n) is 15.1. The van der Waals surface area contributed by atoms with Gasteiger partial charge in [0.25, 0.3) is 0 Å². The Morgan fingerprint density at radius 1 is 1.19 bits per heavy atom. The Labute approximate surface area is 157 Å². The number of hydrogen-bond donors (Lipinski definition) is 1. The highest BCUT2D eigenvalue weighted by Crippen LogP contribution is 2.18. The van der Waals surface area contributed by atoms with Gasteiger partial charge in [-0.15, -0.1) is 0 Å². The molecule has 1 saturated heterocycles. The average Bonchev–Trinajstić information content (AvgIpc) is 3.21. The Kier molecular flexibility index (Phi) is 5.17. The lowest BCUT2D eigenvalue weighted by molar-refractivity contribution is 0.194. The second kappa shape index (κ2) is 7.39. The molecule has 9 nitrogen and oxygen atoms in total. The number of imide groups is 1. The van der Waals surface area contributed by atoms with Crippen LogP contribution in [0, 0.1) is 0 Å². The molecule has 1 fully saturated rings. The van der Waals surface area contributed by atoms with E-state index in [9.17, 15) is 18.0 Å². The van der Waals surface area contributed by atoms with Crippen molar-refractivity contribution in [3.8, 4) is 11.3 Å². The van der Waals surface area contributed by atoms with Gasteiger partial charge in [0.15, 0.2) is 0 Å². The van der Waals surface area contributed by atoms with Crippen LogP contribution in [0.5, 0.6) is 0 Å². The van der Waals surface area contributed by atoms with E-state index in [1.54, 1.807) is 10.9 Å². The number of amides is 4. The summed E-state index contributed by atoms with van der Waals surface area (Å²) >= 11 is 0. The highest BCUT2D eigenvalue weighted by atomic mass is 32.2. The summed E-state index contributed by atoms with van der Waals surface area (Å²) < 4.78 is 25.5. The van der Waals surface area contributed by atoms with Crippen molar-refractivity contribution in [3.63, 3.8) is 0 Å². The molecule has 0 aliphatic carbocycles. The fourth-order valence-corrected chi connectivity index (χ4v) is 3.72. The smallest absolute Gasteiger partial charge is 0.337 e. The zero-order valence-corrected chi connectivity index (χ0v) is 15.9. The van der Waals surface area contributed by atoms with Gasteiger partial charge in [-0.25, -0.2) is 27.2 Å². The van der Waals surface area contributed by atoms with Gasteiger partial charge in [0.1, 0.15) is 0 Å². The van der Waals surface area contributed by atoms with E-state index >= 15 is 0 Å². The number of urea groups is 2. The molecule has 1 aliphatic heterocycles. The first kappa shape index (κ1) is 18.9. The molecular weight excluding hydrogens is 370 g/mol. The first-order valence-electron chi connectivity index (χ1n) is 8.42. The van der Waals surface area contributed by atoms with Crippen LogP contribution in [-0.4, -0.2) is 65.4 Å². The number of sulfonamides is 1. The van der Waals surface area contributed by atoms with Gasteiger partial charge in [0, 0.05) is 19.8 Å². The van der Waals surface area contributed by atoms with Crippen molar-refractivity contribution < 1.29 is 18.0 Å². The van der Waals surface area contributed by atoms with Crippen LogP contribution in [0.2, 0.25) is 0 Å². The predicted octanol–water partition coefficient (Wildman–Crippen LogP) is 1.04. The molecule has 0 unspecified atom stereocenters. The van der Waals surface area contributed by atoms with Gasteiger partial charge in [0.2, 0.25) is 10.0 Å². The van der Waals surface area contributed by atoms with Gasteiger partial charge >= 0.3 is 12.1 Å². The fraction of sp³-hybridized carbons (Fsp3) is 0.353. The Morgan fingerprint density at radius 2 is 1.89 bits per heavy atom. The minimum atomic E-state index is -3.65. The molecule has 0 saturated carbocycles. The molecule has 0 radical (unpaired) electrons. The Morgan fingerprint density at radius 3 is 2.44 bits per heavy atom. The van der Waals surface area contributed by atoms with E-state index in [-0.39, 0.29) is 13.1 Å². The van der Waals surface area contributed by atoms with E-state index in [1.165, 1.54) is 0 Å². The number of nitrogens with zero attached hydrogens (tertiary/aromatic N) is 4. The van der Waals surface area contributed by atoms with Gasteiger partial charge in [-0.2, -0.15) is 5.10 Å². The number of nitrogens with one attached hydrogen (secondary N) is 1. The molecule has 1 aromatic carbocycles. The van der Waals surface area contributed by atoms with Crippen molar-refractivity contribution in [3.05, 3.63) is 42.1 Å². The van der Waals surface area contributed by atoms with E-state index < -0.39 is 22.1 Å². The maximum Gasteiger partial charge on any atom is 0.341 e. The van der Waals surface area contributed by atoms with Crippen LogP contribution in [-0.2, 0) is 23.5 Å². The Hall–Kier alpha value is -2.88. The lowest BCUT2D eigenvalue weighted by Crippen LogP contribution is -2.44. The fourth-order valence-electron chi connectivity index (χ4n) is 2.92. The Bertz CT molecular complexity index is 952. The standard InChI is InChI=1S/C17H21N5O4S/c1-20-15(8-10-19-20)14-5-3-13(4-6-14)7-9-18-16(23)21-11-12-22(17(21)24)27(2,25)26/h3-6,8,10H,7,9,11-12H2,1-2H3,(H,18,23). The van der Waals surface area contributed by atoms with Crippen LogP contribution >= 0.6 is 0 Å². The van der Waals surface area contributed by atoms with Crippen molar-refractivity contribution in [2.24, 2.45) is 7.05 Å². The second-order valence-electron chi connectivity index (χ2n) is 6.29. The summed E-state index contributed by atoms with van der Waals surface area (Å²) in [5.41, 5.74) is 3.09. The predicted molar refractivity (Wildman–Crippen MR) is 99.4 cm³/mol. The number of carbonyl (C=O) groups is 2. The SMILES string of the molecule is Cn1nccc1-c1ccc(CCNC(=O)N2CCN(S(C)(=O)=O)C2=O)cc1. The van der Waals surface area contributed by atoms with E-state index in [0.29, 0.717) is 17.3 Å². The molecule has 0 atom stereocenters. The monoisotopic (exact) mass is 391 g/mol. The lowest BCUT2D eigenvalue weighted by atomic mass is 10.1. The van der Waals surface area contributed by atoms with Gasteiger partial charge < -0.3 is 5.32 Å². The van der Waals surface area contributed by atoms with Crippen LogP contribution in [0.1, 0.15) is 5.56 Å². The third kappa shape index (κ3) is 4.11. The van der Waals surface area contributed by atoms with Crippen LogP contribution in [0.25, 0.3) is 11.3 Å². The van der Waals surface area contributed by atoms with Crippen LogP contribution in [0.4, 0.5) is 9.59 Å². The first-order valence-corrected chi connectivity index (χ1v) is 10.3. The normalized spacial score (nSPS) is 14.7. The summed E-state index contributed by atoms with van der Waals surface area (Å²) in [4.78, 5) is 25.0. The minimum absolute atomic E-state index is 0.0133. The van der Waals surface area contributed by atoms with Crippen molar-refractivity contribution >= 4 is 22.1 Å². The van der Waals surface area contributed by atoms with E-state index in [2.05, 4.69) is 10.4 Å². The molecular formula is C17H21N5O4S. The molecule has 3 rings (SSSR count). The molecule has 0 spiro atoms. The number of hydrogen-bond acceptors (Lipinski definition) is 5. The molecule has 144 valence electrons. The van der Waals surface area contributed by atoms with Crippen molar-refractivity contribution in [2.75, 3.05) is 25.9 Å². The van der Waals surface area contributed by atoms with Gasteiger partial charge in [-0.05, 0) is 23.6 Å². The summed E-state index contributed by atoms with van der Waals surface area (Å²) in [5.74, 6) is 0. The highest BCUT2D eigenvalue weighted by molar-refractivity contribution is 7.88. The largest absolute Gasteiger partial charge is 0.341 e. The van der Waals surface area contributed by atoms with E-state index in [0.717, 1.165) is 28.0 Å². The third-order valence-corrected chi connectivity index (χ3v) is 5.52. The Balaban J connectivity index is 1.52. The number of carbonyl (C=O) groups excluding carboxylic acids is 2. The number of aromatic nitrogens is 2. The number of rotatable bonds is 5.